The van der Waals surface area contributed by atoms with Gasteiger partial charge in [0.05, 0.1) is 21.3 Å². The van der Waals surface area contributed by atoms with Crippen molar-refractivity contribution >= 4 is 33.3 Å². The van der Waals surface area contributed by atoms with Crippen LogP contribution in [-0.2, 0) is 6.18 Å². The molecule has 1 aliphatic heterocycles. The van der Waals surface area contributed by atoms with Crippen LogP contribution in [0, 0.1) is 6.42 Å². The third-order valence-electron chi connectivity index (χ3n) is 3.93. The molecule has 1 fully saturated rings. The summed E-state index contributed by atoms with van der Waals surface area (Å²) in [5, 5.41) is 4.08. The Morgan fingerprint density at radius 2 is 2.08 bits per heavy atom. The van der Waals surface area contributed by atoms with Gasteiger partial charge in [-0.25, -0.2) is 4.98 Å². The van der Waals surface area contributed by atoms with E-state index in [1.807, 2.05) is 4.90 Å². The molecular weight excluding hydrogens is 339 g/mol. The number of carbonyl (C=O) groups is 1. The number of carbonyl (C=O) groups excluding carboxylic acids is 1. The number of thiophene rings is 1. The average Bonchev–Trinajstić information content (AvgIpc) is 2.98. The summed E-state index contributed by atoms with van der Waals surface area (Å²) in [7, 11) is 0. The van der Waals surface area contributed by atoms with Gasteiger partial charge in [0, 0.05) is 25.0 Å². The average molecular weight is 356 g/mol. The maximum Gasteiger partial charge on any atom is 0.417 e. The minimum atomic E-state index is -4.48. The van der Waals surface area contributed by atoms with Crippen LogP contribution in [0.15, 0.2) is 11.4 Å². The summed E-state index contributed by atoms with van der Waals surface area (Å²) in [5.74, 6) is -0.111. The summed E-state index contributed by atoms with van der Waals surface area (Å²) in [4.78, 5) is 18.4. The number of pyridine rings is 1. The summed E-state index contributed by atoms with van der Waals surface area (Å²) < 4.78 is 40.4. The second kappa shape index (κ2) is 6.58. The van der Waals surface area contributed by atoms with Gasteiger partial charge in [0.15, 0.2) is 0 Å². The molecule has 4 nitrogen and oxygen atoms in total. The second-order valence-electron chi connectivity index (χ2n) is 5.57. The largest absolute Gasteiger partial charge is 0.417 e. The molecule has 1 N–H and O–H groups in total. The van der Waals surface area contributed by atoms with Crippen LogP contribution >= 0.6 is 11.3 Å². The molecule has 0 saturated carbocycles. The fourth-order valence-electron chi connectivity index (χ4n) is 2.76. The Bertz CT molecular complexity index is 751. The van der Waals surface area contributed by atoms with Crippen LogP contribution in [0.2, 0.25) is 0 Å². The van der Waals surface area contributed by atoms with Gasteiger partial charge in [0.2, 0.25) is 0 Å². The molecule has 0 aromatic carbocycles. The Kier molecular flexibility index (Phi) is 4.67. The van der Waals surface area contributed by atoms with Gasteiger partial charge in [-0.2, -0.15) is 13.2 Å². The van der Waals surface area contributed by atoms with Gasteiger partial charge in [-0.05, 0) is 32.3 Å². The zero-order valence-electron chi connectivity index (χ0n) is 13.1. The summed E-state index contributed by atoms with van der Waals surface area (Å²) in [6, 6.07) is 1.10. The Morgan fingerprint density at radius 3 is 2.71 bits per heavy atom. The smallest absolute Gasteiger partial charge is 0.357 e. The molecule has 3 rings (SSSR count). The molecule has 2 aromatic heterocycles. The van der Waals surface area contributed by atoms with Crippen LogP contribution in [0.1, 0.15) is 35.7 Å². The van der Waals surface area contributed by atoms with Gasteiger partial charge in [-0.15, -0.1) is 11.3 Å². The van der Waals surface area contributed by atoms with Crippen molar-refractivity contribution in [3.63, 3.8) is 0 Å². The van der Waals surface area contributed by atoms with Crippen molar-refractivity contribution < 1.29 is 18.0 Å². The van der Waals surface area contributed by atoms with Gasteiger partial charge in [0.25, 0.3) is 5.91 Å². The Labute approximate surface area is 141 Å². The van der Waals surface area contributed by atoms with Crippen LogP contribution in [-0.4, -0.2) is 30.5 Å². The molecule has 0 bridgehead atoms. The van der Waals surface area contributed by atoms with E-state index in [1.165, 1.54) is 5.38 Å². The zero-order chi connectivity index (χ0) is 17.3. The van der Waals surface area contributed by atoms with E-state index in [2.05, 4.69) is 16.7 Å². The highest BCUT2D eigenvalue weighted by atomic mass is 32.1. The number of hydrogen-bond acceptors (Lipinski definition) is 4. The van der Waals surface area contributed by atoms with Crippen molar-refractivity contribution in [1.29, 1.82) is 0 Å². The molecule has 0 aliphatic carbocycles. The van der Waals surface area contributed by atoms with Crippen molar-refractivity contribution in [3.05, 3.63) is 29.0 Å². The molecule has 2 aromatic rings. The minimum Gasteiger partial charge on any atom is -0.357 e. The van der Waals surface area contributed by atoms with Gasteiger partial charge in [0.1, 0.15) is 5.82 Å². The van der Waals surface area contributed by atoms with Crippen molar-refractivity contribution in [3.8, 4) is 0 Å². The third kappa shape index (κ3) is 3.19. The van der Waals surface area contributed by atoms with E-state index >= 15 is 0 Å². The Morgan fingerprint density at radius 1 is 1.38 bits per heavy atom. The highest BCUT2D eigenvalue weighted by Gasteiger charge is 2.35. The molecule has 24 heavy (non-hydrogen) atoms. The molecule has 0 unspecified atom stereocenters. The van der Waals surface area contributed by atoms with Crippen LogP contribution in [0.3, 0.4) is 0 Å². The number of aromatic nitrogens is 1. The van der Waals surface area contributed by atoms with Crippen LogP contribution in [0.25, 0.3) is 10.2 Å². The van der Waals surface area contributed by atoms with Crippen molar-refractivity contribution in [2.75, 3.05) is 24.5 Å². The highest BCUT2D eigenvalue weighted by molar-refractivity contribution is 7.17. The number of rotatable bonds is 3. The molecule has 0 atom stereocenters. The first-order valence-corrected chi connectivity index (χ1v) is 8.64. The topological polar surface area (TPSA) is 45.2 Å². The molecule has 129 valence electrons. The van der Waals surface area contributed by atoms with Crippen LogP contribution < -0.4 is 10.2 Å². The lowest BCUT2D eigenvalue weighted by atomic mass is 10.1. The van der Waals surface area contributed by atoms with Crippen molar-refractivity contribution in [1.82, 2.24) is 10.3 Å². The minimum absolute atomic E-state index is 0.0103. The second-order valence-corrected chi connectivity index (χ2v) is 6.45. The van der Waals surface area contributed by atoms with E-state index < -0.39 is 17.6 Å². The molecular formula is C16H17F3N3OS. The number of piperidine rings is 1. The molecule has 1 aliphatic rings. The van der Waals surface area contributed by atoms with E-state index in [4.69, 9.17) is 0 Å². The van der Waals surface area contributed by atoms with Crippen LogP contribution in [0.4, 0.5) is 19.0 Å². The number of fused-ring (bicyclic) bond motifs is 1. The molecule has 1 saturated heterocycles. The normalized spacial score (nSPS) is 15.8. The van der Waals surface area contributed by atoms with Crippen molar-refractivity contribution in [2.24, 2.45) is 0 Å². The fraction of sp³-hybridized carbons (Fsp3) is 0.438. The quantitative estimate of drug-likeness (QED) is 0.908. The molecule has 1 amide bonds. The summed E-state index contributed by atoms with van der Waals surface area (Å²) in [6.45, 7) is 3.44. The van der Waals surface area contributed by atoms with Gasteiger partial charge >= 0.3 is 6.18 Å². The lowest BCUT2D eigenvalue weighted by molar-refractivity contribution is -0.136. The number of halogens is 3. The number of nitrogens with zero attached hydrogens (tertiary/aromatic N) is 2. The van der Waals surface area contributed by atoms with E-state index in [9.17, 15) is 18.0 Å². The lowest BCUT2D eigenvalue weighted by Crippen LogP contribution is -2.31. The van der Waals surface area contributed by atoms with E-state index in [1.54, 1.807) is 6.92 Å². The highest BCUT2D eigenvalue weighted by Crippen LogP contribution is 2.40. The molecule has 0 spiro atoms. The van der Waals surface area contributed by atoms with Crippen molar-refractivity contribution in [2.45, 2.75) is 25.9 Å². The number of alkyl halides is 3. The molecule has 8 heteroatoms. The predicted octanol–water partition coefficient (Wildman–Crippen LogP) is 3.87. The summed E-state index contributed by atoms with van der Waals surface area (Å²) in [5.41, 5.74) is -0.393. The standard InChI is InChI=1S/C16H17F3N3OS/c1-2-20-15(23)10-9-24-14-11(16(17,18)19)8-12(21-13(10)14)22-6-4-3-5-7-22/h3,8-9H,2,4-7H2,1H3,(H,20,23). The van der Waals surface area contributed by atoms with Gasteiger partial charge in [-0.3, -0.25) is 4.79 Å². The Balaban J connectivity index is 2.15. The number of anilines is 1. The first kappa shape index (κ1) is 17.0. The molecule has 3 heterocycles. The maximum atomic E-state index is 13.5. The van der Waals surface area contributed by atoms with Crippen LogP contribution in [0.5, 0.6) is 0 Å². The maximum absolute atomic E-state index is 13.5. The van der Waals surface area contributed by atoms with Gasteiger partial charge < -0.3 is 10.2 Å². The Hall–Kier alpha value is -1.83. The van der Waals surface area contributed by atoms with E-state index in [-0.39, 0.29) is 21.6 Å². The first-order chi connectivity index (χ1) is 11.4. The number of amides is 1. The van der Waals surface area contributed by atoms with E-state index in [0.717, 1.165) is 30.2 Å². The SMILES string of the molecule is CCNC(=O)c1csc2c(C(F)(F)F)cc(N3CC[CH]CC3)nc12. The first-order valence-electron chi connectivity index (χ1n) is 7.76. The fourth-order valence-corrected chi connectivity index (χ4v) is 3.79. The number of nitrogens with one attached hydrogen (secondary N) is 1. The summed E-state index contributed by atoms with van der Waals surface area (Å²) >= 11 is 0.909. The monoisotopic (exact) mass is 356 g/mol. The predicted molar refractivity (Wildman–Crippen MR) is 88.4 cm³/mol. The lowest BCUT2D eigenvalue weighted by Gasteiger charge is -2.28. The van der Waals surface area contributed by atoms with Gasteiger partial charge in [-0.1, -0.05) is 0 Å². The number of hydrogen-bond donors (Lipinski definition) is 1. The van der Waals surface area contributed by atoms with E-state index in [0.29, 0.717) is 19.6 Å². The third-order valence-corrected chi connectivity index (χ3v) is 4.93. The molecule has 1 radical (unpaired) electrons. The summed E-state index contributed by atoms with van der Waals surface area (Å²) in [6.07, 6.45) is -0.743. The zero-order valence-corrected chi connectivity index (χ0v) is 13.9.